The molecule has 1 fully saturated rings. The summed E-state index contributed by atoms with van der Waals surface area (Å²) < 4.78 is 39.4. The van der Waals surface area contributed by atoms with Crippen LogP contribution in [0.25, 0.3) is 0 Å². The number of aryl methyl sites for hydroxylation is 1. The van der Waals surface area contributed by atoms with Gasteiger partial charge in [-0.25, -0.2) is 15.0 Å². The summed E-state index contributed by atoms with van der Waals surface area (Å²) in [6.45, 7) is 6.23. The molecule has 2 aromatic heterocycles. The van der Waals surface area contributed by atoms with Crippen molar-refractivity contribution < 1.29 is 22.8 Å². The van der Waals surface area contributed by atoms with Gasteiger partial charge >= 0.3 is 6.18 Å². The molecule has 2 aliphatic rings. The molecule has 0 spiro atoms. The van der Waals surface area contributed by atoms with Crippen molar-refractivity contribution in [3.63, 3.8) is 0 Å². The van der Waals surface area contributed by atoms with E-state index in [0.717, 1.165) is 47.7 Å². The number of carbonyl (C=O) groups excluding carboxylic acids is 2. The van der Waals surface area contributed by atoms with E-state index in [9.17, 15) is 22.8 Å². The highest BCUT2D eigenvalue weighted by Gasteiger charge is 2.31. The molecule has 0 bridgehead atoms. The van der Waals surface area contributed by atoms with Crippen molar-refractivity contribution in [2.45, 2.75) is 26.1 Å². The summed E-state index contributed by atoms with van der Waals surface area (Å²) in [7, 11) is 2.04. The minimum Gasteiger partial charge on any atom is -0.366 e. The van der Waals surface area contributed by atoms with Crippen molar-refractivity contribution in [1.82, 2.24) is 24.8 Å². The lowest BCUT2D eigenvalue weighted by Gasteiger charge is -2.32. The van der Waals surface area contributed by atoms with Crippen LogP contribution in [0.3, 0.4) is 0 Å². The number of nitrogens with one attached hydrogen (secondary N) is 2. The first-order valence-corrected chi connectivity index (χ1v) is 14.9. The molecule has 2 aliphatic heterocycles. The zero-order valence-corrected chi connectivity index (χ0v) is 25.4. The molecule has 0 atom stereocenters. The molecule has 2 aromatic carbocycles. The third-order valence-electron chi connectivity index (χ3n) is 8.22. The molecule has 0 saturated carbocycles. The molecule has 0 aliphatic carbocycles. The first-order valence-electron chi connectivity index (χ1n) is 14.9. The zero-order valence-electron chi connectivity index (χ0n) is 25.4. The van der Waals surface area contributed by atoms with Gasteiger partial charge in [-0.05, 0) is 62.0 Å². The number of likely N-dealkylation sites (N-methyl/N-ethyl adjacent to an activating group) is 1. The minimum absolute atomic E-state index is 0.0729. The Kier molecular flexibility index (Phi) is 8.59. The summed E-state index contributed by atoms with van der Waals surface area (Å²) >= 11 is 0. The first-order chi connectivity index (χ1) is 22.0. The largest absolute Gasteiger partial charge is 0.416 e. The number of anilines is 4. The van der Waals surface area contributed by atoms with Crippen molar-refractivity contribution in [1.29, 1.82) is 0 Å². The molecule has 0 radical (unpaired) electrons. The molecule has 46 heavy (non-hydrogen) atoms. The molecular weight excluding hydrogens is 597 g/mol. The van der Waals surface area contributed by atoms with Gasteiger partial charge in [-0.3, -0.25) is 9.59 Å². The van der Waals surface area contributed by atoms with E-state index in [1.165, 1.54) is 12.1 Å². The number of benzene rings is 2. The van der Waals surface area contributed by atoms with E-state index in [0.29, 0.717) is 55.6 Å². The Morgan fingerprint density at radius 1 is 0.891 bits per heavy atom. The molecule has 2 amide bonds. The average Bonchev–Trinajstić information content (AvgIpc) is 3.05. The summed E-state index contributed by atoms with van der Waals surface area (Å²) in [4.78, 5) is 45.3. The number of nitrogens with zero attached hydrogens (tertiary/aromatic N) is 6. The molecule has 4 heterocycles. The number of hydrogen-bond acceptors (Lipinski definition) is 8. The molecule has 10 nitrogen and oxygen atoms in total. The van der Waals surface area contributed by atoms with E-state index in [1.54, 1.807) is 30.6 Å². The Bertz CT molecular complexity index is 1760. The van der Waals surface area contributed by atoms with E-state index in [1.807, 2.05) is 31.0 Å². The Balaban J connectivity index is 1.09. The van der Waals surface area contributed by atoms with Gasteiger partial charge in [-0.1, -0.05) is 12.1 Å². The number of carbonyl (C=O) groups is 2. The molecule has 2 N–H and O–H groups in total. The summed E-state index contributed by atoms with van der Waals surface area (Å²) in [6, 6.07) is 13.3. The number of pyridine rings is 1. The smallest absolute Gasteiger partial charge is 0.366 e. The highest BCUT2D eigenvalue weighted by molar-refractivity contribution is 6.04. The molecule has 0 unspecified atom stereocenters. The average molecular weight is 631 g/mol. The maximum Gasteiger partial charge on any atom is 0.416 e. The van der Waals surface area contributed by atoms with Gasteiger partial charge in [-0.2, -0.15) is 13.2 Å². The van der Waals surface area contributed by atoms with E-state index in [2.05, 4.69) is 30.4 Å². The third-order valence-corrected chi connectivity index (χ3v) is 8.22. The summed E-state index contributed by atoms with van der Waals surface area (Å²) in [5.74, 6) is -0.263. The minimum atomic E-state index is -4.53. The van der Waals surface area contributed by atoms with E-state index < -0.39 is 17.6 Å². The fraction of sp³-hybridized carbons (Fsp3) is 0.303. The predicted molar refractivity (Wildman–Crippen MR) is 168 cm³/mol. The van der Waals surface area contributed by atoms with Crippen LogP contribution in [0.5, 0.6) is 0 Å². The van der Waals surface area contributed by atoms with Crippen molar-refractivity contribution in [2.24, 2.45) is 0 Å². The van der Waals surface area contributed by atoms with Gasteiger partial charge in [0.2, 0.25) is 5.95 Å². The normalized spacial score (nSPS) is 15.3. The number of amides is 2. The molecule has 6 rings (SSSR count). The van der Waals surface area contributed by atoms with Gasteiger partial charge in [0.25, 0.3) is 11.8 Å². The van der Waals surface area contributed by atoms with Crippen LogP contribution in [-0.2, 0) is 19.1 Å². The maximum atomic E-state index is 13.1. The van der Waals surface area contributed by atoms with Crippen LogP contribution in [0, 0.1) is 6.92 Å². The van der Waals surface area contributed by atoms with Crippen LogP contribution in [0.1, 0.15) is 43.2 Å². The highest BCUT2D eigenvalue weighted by Crippen LogP contribution is 2.31. The molecule has 4 aromatic rings. The van der Waals surface area contributed by atoms with Gasteiger partial charge in [0, 0.05) is 74.4 Å². The lowest BCUT2D eigenvalue weighted by atomic mass is 10.0. The van der Waals surface area contributed by atoms with Crippen LogP contribution < -0.4 is 15.5 Å². The van der Waals surface area contributed by atoms with E-state index >= 15 is 0 Å². The van der Waals surface area contributed by atoms with Crippen molar-refractivity contribution in [3.8, 4) is 0 Å². The van der Waals surface area contributed by atoms with E-state index in [-0.39, 0.29) is 11.5 Å². The Hall–Kier alpha value is -5.04. The van der Waals surface area contributed by atoms with Gasteiger partial charge in [-0.15, -0.1) is 0 Å². The second kappa shape index (κ2) is 12.8. The SMILES string of the molecule is Cc1ccc(NC(=O)c2cccc(C(F)(F)F)c2)cc1N1CCc2nc(Nc3ccc(C(=O)N4CCN(C)CC4)nc3)ncc2C1. The summed E-state index contributed by atoms with van der Waals surface area (Å²) in [6.07, 6.45) is -0.490. The molecule has 13 heteroatoms. The van der Waals surface area contributed by atoms with Gasteiger partial charge in [0.05, 0.1) is 23.1 Å². The second-order valence-corrected chi connectivity index (χ2v) is 11.5. The Morgan fingerprint density at radius 3 is 2.41 bits per heavy atom. The lowest BCUT2D eigenvalue weighted by molar-refractivity contribution is -0.137. The summed E-state index contributed by atoms with van der Waals surface area (Å²) in [5.41, 5.74) is 4.36. The molecule has 1 saturated heterocycles. The van der Waals surface area contributed by atoms with E-state index in [4.69, 9.17) is 4.98 Å². The number of alkyl halides is 3. The lowest BCUT2D eigenvalue weighted by Crippen LogP contribution is -2.47. The number of hydrogen-bond donors (Lipinski definition) is 2. The monoisotopic (exact) mass is 630 g/mol. The quantitative estimate of drug-likeness (QED) is 0.302. The number of halogens is 3. The number of piperazine rings is 1. The van der Waals surface area contributed by atoms with Gasteiger partial charge < -0.3 is 25.3 Å². The number of fused-ring (bicyclic) bond motifs is 1. The first kappa shape index (κ1) is 31.0. The third kappa shape index (κ3) is 6.94. The van der Waals surface area contributed by atoms with Gasteiger partial charge in [0.15, 0.2) is 0 Å². The fourth-order valence-electron chi connectivity index (χ4n) is 5.54. The van der Waals surface area contributed by atoms with Crippen LogP contribution in [0.2, 0.25) is 0 Å². The molecular formula is C33H33F3N8O2. The van der Waals surface area contributed by atoms with Crippen LogP contribution in [0.15, 0.2) is 67.0 Å². The zero-order chi connectivity index (χ0) is 32.4. The van der Waals surface area contributed by atoms with Gasteiger partial charge in [0.1, 0.15) is 5.69 Å². The standard InChI is InChI=1S/C33H33F3N8O2/c1-21-6-7-25(39-30(45)22-4-3-5-24(16-22)33(34,35)36)17-29(21)44-11-10-27-23(20-44)18-38-32(41-27)40-26-8-9-28(37-19-26)31(46)43-14-12-42(2)13-15-43/h3-9,16-19H,10-15,20H2,1-2H3,(H,39,45)(H,38,40,41). The summed E-state index contributed by atoms with van der Waals surface area (Å²) in [5, 5.41) is 5.90. The highest BCUT2D eigenvalue weighted by atomic mass is 19.4. The Labute approximate surface area is 264 Å². The van der Waals surface area contributed by atoms with Crippen LogP contribution in [-0.4, -0.2) is 76.3 Å². The van der Waals surface area contributed by atoms with Crippen molar-refractivity contribution >= 4 is 34.8 Å². The Morgan fingerprint density at radius 2 is 1.67 bits per heavy atom. The molecule has 238 valence electrons. The topological polar surface area (TPSA) is 107 Å². The maximum absolute atomic E-state index is 13.1. The predicted octanol–water partition coefficient (Wildman–Crippen LogP) is 5.15. The fourth-order valence-corrected chi connectivity index (χ4v) is 5.54. The van der Waals surface area contributed by atoms with Crippen LogP contribution >= 0.6 is 0 Å². The van der Waals surface area contributed by atoms with Crippen molar-refractivity contribution in [3.05, 3.63) is 101 Å². The van der Waals surface area contributed by atoms with Crippen LogP contribution in [0.4, 0.5) is 36.2 Å². The van der Waals surface area contributed by atoms with Crippen molar-refractivity contribution in [2.75, 3.05) is 55.3 Å². The number of aromatic nitrogens is 3. The number of rotatable bonds is 6. The second-order valence-electron chi connectivity index (χ2n) is 11.5.